The van der Waals surface area contributed by atoms with E-state index in [1.165, 1.54) is 11.3 Å². The molecule has 0 spiro atoms. The quantitative estimate of drug-likeness (QED) is 0.690. The lowest BCUT2D eigenvalue weighted by atomic mass is 10.1. The van der Waals surface area contributed by atoms with Crippen molar-refractivity contribution in [3.8, 4) is 10.7 Å². The molecule has 29 heavy (non-hydrogen) atoms. The van der Waals surface area contributed by atoms with Crippen LogP contribution in [0.25, 0.3) is 10.7 Å². The van der Waals surface area contributed by atoms with Crippen LogP contribution in [-0.4, -0.2) is 28.5 Å². The Hall–Kier alpha value is -3.00. The summed E-state index contributed by atoms with van der Waals surface area (Å²) in [4.78, 5) is 33.2. The summed E-state index contributed by atoms with van der Waals surface area (Å²) in [5, 5.41) is 7.06. The molecule has 1 N–H and O–H groups in total. The van der Waals surface area contributed by atoms with Crippen LogP contribution in [0.15, 0.2) is 40.9 Å². The smallest absolute Gasteiger partial charge is 0.230 e. The van der Waals surface area contributed by atoms with E-state index in [4.69, 9.17) is 4.52 Å². The molecule has 3 aromatic rings. The predicted octanol–water partition coefficient (Wildman–Crippen LogP) is 3.98. The fourth-order valence-corrected chi connectivity index (χ4v) is 4.42. The zero-order valence-corrected chi connectivity index (χ0v) is 16.7. The maximum atomic E-state index is 12.8. The largest absolute Gasteiger partial charge is 0.339 e. The predicted molar refractivity (Wildman–Crippen MR) is 110 cm³/mol. The van der Waals surface area contributed by atoms with Crippen LogP contribution in [-0.2, 0) is 9.59 Å². The molecule has 2 amide bonds. The van der Waals surface area contributed by atoms with Crippen molar-refractivity contribution in [1.29, 1.82) is 0 Å². The van der Waals surface area contributed by atoms with Crippen molar-refractivity contribution in [3.05, 3.63) is 47.2 Å². The number of hydrogen-bond acceptors (Lipinski definition) is 6. The normalized spacial score (nSPS) is 19.0. The summed E-state index contributed by atoms with van der Waals surface area (Å²) in [6.45, 7) is 2.34. The van der Waals surface area contributed by atoms with Crippen LogP contribution >= 0.6 is 11.3 Å². The van der Waals surface area contributed by atoms with E-state index in [9.17, 15) is 9.59 Å². The van der Waals surface area contributed by atoms with Gasteiger partial charge in [0.05, 0.1) is 16.5 Å². The Kier molecular flexibility index (Phi) is 4.43. The second-order valence-electron chi connectivity index (χ2n) is 7.54. The highest BCUT2D eigenvalue weighted by Gasteiger charge is 2.35. The first kappa shape index (κ1) is 18.1. The first-order chi connectivity index (χ1) is 14.1. The summed E-state index contributed by atoms with van der Waals surface area (Å²) in [6, 6.07) is 11.3. The molecule has 5 rings (SSSR count). The standard InChI is InChI=1S/C21H20N4O3S/c1-12-16(10-17(29-12)19-23-21(28-24-19)13-7-8-13)22-20(27)14-9-18(26)25(11-14)15-5-3-2-4-6-15/h2-6,10,13-14H,7-9,11H2,1H3,(H,22,27). The summed E-state index contributed by atoms with van der Waals surface area (Å²) in [5.74, 6) is 1.12. The molecule has 1 saturated heterocycles. The Morgan fingerprint density at radius 1 is 1.28 bits per heavy atom. The zero-order chi connectivity index (χ0) is 20.0. The number of carbonyl (C=O) groups excluding carboxylic acids is 2. The van der Waals surface area contributed by atoms with Crippen molar-refractivity contribution in [1.82, 2.24) is 10.1 Å². The highest BCUT2D eigenvalue weighted by atomic mass is 32.1. The van der Waals surface area contributed by atoms with Gasteiger partial charge in [0.25, 0.3) is 0 Å². The van der Waals surface area contributed by atoms with Gasteiger partial charge >= 0.3 is 0 Å². The van der Waals surface area contributed by atoms with E-state index in [0.29, 0.717) is 24.2 Å². The average molecular weight is 408 g/mol. The molecule has 7 nitrogen and oxygen atoms in total. The third kappa shape index (κ3) is 3.55. The lowest BCUT2D eigenvalue weighted by molar-refractivity contribution is -0.122. The van der Waals surface area contributed by atoms with Gasteiger partial charge in [-0.1, -0.05) is 23.4 Å². The van der Waals surface area contributed by atoms with Crippen molar-refractivity contribution >= 4 is 34.5 Å². The van der Waals surface area contributed by atoms with E-state index in [-0.39, 0.29) is 24.2 Å². The Bertz CT molecular complexity index is 1070. The number of aryl methyl sites for hydroxylation is 1. The second-order valence-corrected chi connectivity index (χ2v) is 8.80. The average Bonchev–Trinajstić information content (AvgIpc) is 3.15. The van der Waals surface area contributed by atoms with Crippen molar-refractivity contribution in [2.45, 2.75) is 32.1 Å². The van der Waals surface area contributed by atoms with E-state index < -0.39 is 0 Å². The molecule has 2 aliphatic rings. The maximum Gasteiger partial charge on any atom is 0.230 e. The van der Waals surface area contributed by atoms with Crippen LogP contribution in [0.4, 0.5) is 11.4 Å². The number of aromatic nitrogens is 2. The third-order valence-electron chi connectivity index (χ3n) is 5.33. The van der Waals surface area contributed by atoms with Gasteiger partial charge in [-0.15, -0.1) is 11.3 Å². The monoisotopic (exact) mass is 408 g/mol. The Labute approximate surface area is 171 Å². The van der Waals surface area contributed by atoms with Gasteiger partial charge in [-0.2, -0.15) is 4.98 Å². The van der Waals surface area contributed by atoms with Crippen LogP contribution in [0.5, 0.6) is 0 Å². The van der Waals surface area contributed by atoms with Crippen molar-refractivity contribution in [2.75, 3.05) is 16.8 Å². The van der Waals surface area contributed by atoms with Crippen LogP contribution in [0.2, 0.25) is 0 Å². The van der Waals surface area contributed by atoms with Gasteiger partial charge in [0, 0.05) is 29.4 Å². The van der Waals surface area contributed by atoms with Crippen molar-refractivity contribution in [3.63, 3.8) is 0 Å². The van der Waals surface area contributed by atoms with E-state index >= 15 is 0 Å². The van der Waals surface area contributed by atoms with E-state index in [1.807, 2.05) is 43.3 Å². The van der Waals surface area contributed by atoms with Crippen molar-refractivity contribution < 1.29 is 14.1 Å². The molecule has 1 aromatic carbocycles. The highest BCUT2D eigenvalue weighted by Crippen LogP contribution is 2.40. The fourth-order valence-electron chi connectivity index (χ4n) is 3.52. The van der Waals surface area contributed by atoms with Gasteiger partial charge in [0.1, 0.15) is 0 Å². The minimum atomic E-state index is -0.378. The van der Waals surface area contributed by atoms with E-state index in [1.54, 1.807) is 4.90 Å². The summed E-state index contributed by atoms with van der Waals surface area (Å²) in [5.41, 5.74) is 1.56. The number of thiophene rings is 1. The molecule has 148 valence electrons. The highest BCUT2D eigenvalue weighted by molar-refractivity contribution is 7.16. The molecular weight excluding hydrogens is 388 g/mol. The third-order valence-corrected chi connectivity index (χ3v) is 6.37. The molecule has 8 heteroatoms. The summed E-state index contributed by atoms with van der Waals surface area (Å²) in [7, 11) is 0. The van der Waals surface area contributed by atoms with Gasteiger partial charge in [0.2, 0.25) is 23.5 Å². The number of amides is 2. The number of anilines is 2. The van der Waals surface area contributed by atoms with Gasteiger partial charge in [-0.25, -0.2) is 0 Å². The lowest BCUT2D eigenvalue weighted by Crippen LogP contribution is -2.28. The van der Waals surface area contributed by atoms with Crippen molar-refractivity contribution in [2.24, 2.45) is 5.92 Å². The molecule has 1 saturated carbocycles. The fraction of sp³-hybridized carbons (Fsp3) is 0.333. The second kappa shape index (κ2) is 7.11. The first-order valence-electron chi connectivity index (χ1n) is 9.69. The van der Waals surface area contributed by atoms with E-state index in [2.05, 4.69) is 15.5 Å². The maximum absolute atomic E-state index is 12.8. The molecule has 1 aliphatic heterocycles. The number of nitrogens with zero attached hydrogens (tertiary/aromatic N) is 3. The molecular formula is C21H20N4O3S. The molecule has 1 atom stereocenters. The van der Waals surface area contributed by atoms with Gasteiger partial charge in [0.15, 0.2) is 0 Å². The lowest BCUT2D eigenvalue weighted by Gasteiger charge is -2.16. The number of carbonyl (C=O) groups is 2. The minimum absolute atomic E-state index is 0.0292. The molecule has 2 fully saturated rings. The van der Waals surface area contributed by atoms with Crippen LogP contribution in [0.1, 0.15) is 35.9 Å². The minimum Gasteiger partial charge on any atom is -0.339 e. The van der Waals surface area contributed by atoms with Gasteiger partial charge in [-0.3, -0.25) is 9.59 Å². The molecule has 0 bridgehead atoms. The Morgan fingerprint density at radius 3 is 2.83 bits per heavy atom. The number of nitrogens with one attached hydrogen (secondary N) is 1. The number of benzene rings is 1. The number of para-hydroxylation sites is 1. The van der Waals surface area contributed by atoms with Gasteiger partial charge < -0.3 is 14.7 Å². The SMILES string of the molecule is Cc1sc(-c2noc(C3CC3)n2)cc1NC(=O)C1CC(=O)N(c2ccccc2)C1. The number of rotatable bonds is 5. The summed E-state index contributed by atoms with van der Waals surface area (Å²) < 4.78 is 5.34. The zero-order valence-electron chi connectivity index (χ0n) is 15.9. The Morgan fingerprint density at radius 2 is 2.07 bits per heavy atom. The van der Waals surface area contributed by atoms with E-state index in [0.717, 1.165) is 34.0 Å². The van der Waals surface area contributed by atoms with Gasteiger partial charge in [-0.05, 0) is 38.0 Å². The molecule has 1 aliphatic carbocycles. The number of hydrogen-bond donors (Lipinski definition) is 1. The Balaban J connectivity index is 1.28. The van der Waals surface area contributed by atoms with Crippen LogP contribution in [0.3, 0.4) is 0 Å². The molecule has 0 radical (unpaired) electrons. The molecule has 3 heterocycles. The van der Waals surface area contributed by atoms with Crippen LogP contribution in [0, 0.1) is 12.8 Å². The van der Waals surface area contributed by atoms with Crippen LogP contribution < -0.4 is 10.2 Å². The summed E-state index contributed by atoms with van der Waals surface area (Å²) in [6.07, 6.45) is 2.42. The molecule has 2 aromatic heterocycles. The first-order valence-corrected chi connectivity index (χ1v) is 10.5. The summed E-state index contributed by atoms with van der Waals surface area (Å²) >= 11 is 1.52. The molecule has 1 unspecified atom stereocenters. The topological polar surface area (TPSA) is 88.3 Å².